The highest BCUT2D eigenvalue weighted by Gasteiger charge is 2.42. The molecule has 0 atom stereocenters. The number of hydrogen-bond donors (Lipinski definition) is 1. The van der Waals surface area contributed by atoms with Gasteiger partial charge < -0.3 is 15.4 Å². The topological polar surface area (TPSA) is 50.9 Å². The molecule has 1 fully saturated rings. The fraction of sp³-hybridized carbons (Fsp3) is 0.562. The summed E-state index contributed by atoms with van der Waals surface area (Å²) >= 11 is 0. The molecule has 0 radical (unpaired) electrons. The third-order valence-electron chi connectivity index (χ3n) is 4.58. The Balaban J connectivity index is 1.96. The maximum absolute atomic E-state index is 6.19. The van der Waals surface area contributed by atoms with Crippen LogP contribution in [0.4, 0.5) is 5.69 Å². The van der Waals surface area contributed by atoms with Gasteiger partial charge in [-0.05, 0) is 25.0 Å². The Labute approximate surface area is 120 Å². The molecule has 1 aliphatic carbocycles. The van der Waals surface area contributed by atoms with Gasteiger partial charge in [-0.2, -0.15) is 0 Å². The lowest BCUT2D eigenvalue weighted by atomic mass is 9.88. The van der Waals surface area contributed by atoms with E-state index in [0.29, 0.717) is 5.96 Å². The molecule has 0 saturated heterocycles. The first-order valence-electron chi connectivity index (χ1n) is 7.49. The van der Waals surface area contributed by atoms with Gasteiger partial charge in [0, 0.05) is 11.8 Å². The van der Waals surface area contributed by atoms with Crippen LogP contribution in [0.2, 0.25) is 0 Å². The number of nitrogens with zero attached hydrogens (tertiary/aromatic N) is 2. The average molecular weight is 273 g/mol. The Bertz CT molecular complexity index is 504. The highest BCUT2D eigenvalue weighted by atomic mass is 16.5. The van der Waals surface area contributed by atoms with Crippen LogP contribution < -0.4 is 15.4 Å². The minimum Gasteiger partial charge on any atom is -0.497 e. The third-order valence-corrected chi connectivity index (χ3v) is 4.58. The lowest BCUT2D eigenvalue weighted by Crippen LogP contribution is -2.51. The van der Waals surface area contributed by atoms with Crippen LogP contribution in [0.25, 0.3) is 0 Å². The highest BCUT2D eigenvalue weighted by Crippen LogP contribution is 2.39. The molecule has 0 amide bonds. The SMILES string of the molecule is COc1cccc(N2C(N)=NCC23CCCCCC3)c1. The van der Waals surface area contributed by atoms with Crippen LogP contribution in [0.5, 0.6) is 5.75 Å². The molecule has 0 aromatic heterocycles. The molecule has 1 aromatic carbocycles. The van der Waals surface area contributed by atoms with E-state index >= 15 is 0 Å². The Morgan fingerprint density at radius 1 is 1.20 bits per heavy atom. The Morgan fingerprint density at radius 3 is 2.65 bits per heavy atom. The van der Waals surface area contributed by atoms with E-state index in [1.165, 1.54) is 38.5 Å². The van der Waals surface area contributed by atoms with Crippen LogP contribution in [-0.2, 0) is 0 Å². The van der Waals surface area contributed by atoms with Gasteiger partial charge in [0.15, 0.2) is 5.96 Å². The Kier molecular flexibility index (Phi) is 3.55. The number of anilines is 1. The minimum absolute atomic E-state index is 0.0902. The van der Waals surface area contributed by atoms with E-state index < -0.39 is 0 Å². The number of benzene rings is 1. The van der Waals surface area contributed by atoms with E-state index in [9.17, 15) is 0 Å². The molecule has 1 aliphatic heterocycles. The van der Waals surface area contributed by atoms with Crippen LogP contribution in [0, 0.1) is 0 Å². The standard InChI is InChI=1S/C16H23N3O/c1-20-14-8-6-7-13(11-14)19-15(17)18-12-16(19)9-4-2-3-5-10-16/h6-8,11H,2-5,9-10,12H2,1H3,(H2,17,18). The van der Waals surface area contributed by atoms with E-state index in [1.54, 1.807) is 7.11 Å². The fourth-order valence-electron chi connectivity index (χ4n) is 3.54. The van der Waals surface area contributed by atoms with Gasteiger partial charge in [0.25, 0.3) is 0 Å². The van der Waals surface area contributed by atoms with Crippen molar-refractivity contribution in [3.63, 3.8) is 0 Å². The summed E-state index contributed by atoms with van der Waals surface area (Å²) in [6.07, 6.45) is 7.54. The van der Waals surface area contributed by atoms with Crippen molar-refractivity contribution in [2.75, 3.05) is 18.6 Å². The molecule has 0 unspecified atom stereocenters. The predicted molar refractivity (Wildman–Crippen MR) is 82.4 cm³/mol. The summed E-state index contributed by atoms with van der Waals surface area (Å²) in [5.41, 5.74) is 7.39. The molecule has 2 aliphatic rings. The van der Waals surface area contributed by atoms with Gasteiger partial charge in [0.2, 0.25) is 0 Å². The van der Waals surface area contributed by atoms with Gasteiger partial charge in [0.1, 0.15) is 5.75 Å². The number of aliphatic imine (C=N–C) groups is 1. The van der Waals surface area contributed by atoms with Crippen molar-refractivity contribution >= 4 is 11.6 Å². The molecule has 2 N–H and O–H groups in total. The summed E-state index contributed by atoms with van der Waals surface area (Å²) in [6.45, 7) is 0.829. The molecule has 108 valence electrons. The van der Waals surface area contributed by atoms with Gasteiger partial charge in [0.05, 0.1) is 19.2 Å². The summed E-state index contributed by atoms with van der Waals surface area (Å²) in [5, 5.41) is 0. The largest absolute Gasteiger partial charge is 0.497 e. The summed E-state index contributed by atoms with van der Waals surface area (Å²) in [7, 11) is 1.70. The Morgan fingerprint density at radius 2 is 1.95 bits per heavy atom. The number of methoxy groups -OCH3 is 1. The lowest BCUT2D eigenvalue weighted by molar-refractivity contribution is 0.397. The normalized spacial score (nSPS) is 21.6. The summed E-state index contributed by atoms with van der Waals surface area (Å²) < 4.78 is 5.34. The monoisotopic (exact) mass is 273 g/mol. The van der Waals surface area contributed by atoms with Gasteiger partial charge in [-0.1, -0.05) is 31.7 Å². The zero-order valence-electron chi connectivity index (χ0n) is 12.1. The maximum Gasteiger partial charge on any atom is 0.196 e. The smallest absolute Gasteiger partial charge is 0.196 e. The molecule has 20 heavy (non-hydrogen) atoms. The van der Waals surface area contributed by atoms with Crippen LogP contribution in [0.15, 0.2) is 29.3 Å². The van der Waals surface area contributed by atoms with E-state index in [4.69, 9.17) is 10.5 Å². The van der Waals surface area contributed by atoms with Crippen molar-refractivity contribution in [2.24, 2.45) is 10.7 Å². The first-order chi connectivity index (χ1) is 9.75. The van der Waals surface area contributed by atoms with Crippen molar-refractivity contribution in [1.29, 1.82) is 0 Å². The van der Waals surface area contributed by atoms with E-state index in [1.807, 2.05) is 12.1 Å². The predicted octanol–water partition coefficient (Wildman–Crippen LogP) is 2.92. The molecule has 3 rings (SSSR count). The summed E-state index contributed by atoms with van der Waals surface area (Å²) in [6, 6.07) is 8.14. The molecular formula is C16H23N3O. The van der Waals surface area contributed by atoms with Crippen LogP contribution in [0.1, 0.15) is 38.5 Å². The van der Waals surface area contributed by atoms with E-state index in [-0.39, 0.29) is 5.54 Å². The number of nitrogens with two attached hydrogens (primary N) is 1. The van der Waals surface area contributed by atoms with Crippen molar-refractivity contribution in [1.82, 2.24) is 0 Å². The average Bonchev–Trinajstić information content (AvgIpc) is 2.65. The van der Waals surface area contributed by atoms with Crippen LogP contribution in [-0.4, -0.2) is 25.2 Å². The zero-order valence-corrected chi connectivity index (χ0v) is 12.1. The van der Waals surface area contributed by atoms with Gasteiger partial charge in [-0.25, -0.2) is 0 Å². The molecule has 1 aromatic rings. The van der Waals surface area contributed by atoms with Gasteiger partial charge in [-0.3, -0.25) is 4.99 Å². The molecule has 1 heterocycles. The number of ether oxygens (including phenoxy) is 1. The number of guanidine groups is 1. The van der Waals surface area contributed by atoms with E-state index in [2.05, 4.69) is 22.0 Å². The summed E-state index contributed by atoms with van der Waals surface area (Å²) in [5.74, 6) is 1.52. The van der Waals surface area contributed by atoms with Crippen LogP contribution >= 0.6 is 0 Å². The van der Waals surface area contributed by atoms with Gasteiger partial charge >= 0.3 is 0 Å². The molecule has 4 nitrogen and oxygen atoms in total. The fourth-order valence-corrected chi connectivity index (χ4v) is 3.54. The van der Waals surface area contributed by atoms with Crippen molar-refractivity contribution in [3.8, 4) is 5.75 Å². The quantitative estimate of drug-likeness (QED) is 0.901. The van der Waals surface area contributed by atoms with Crippen molar-refractivity contribution in [2.45, 2.75) is 44.1 Å². The van der Waals surface area contributed by atoms with Crippen LogP contribution in [0.3, 0.4) is 0 Å². The molecule has 4 heteroatoms. The molecular weight excluding hydrogens is 250 g/mol. The van der Waals surface area contributed by atoms with E-state index in [0.717, 1.165) is 18.0 Å². The second kappa shape index (κ2) is 5.35. The first kappa shape index (κ1) is 13.3. The Hall–Kier alpha value is -1.71. The lowest BCUT2D eigenvalue weighted by Gasteiger charge is -2.39. The number of hydrogen-bond acceptors (Lipinski definition) is 4. The zero-order chi connectivity index (χ0) is 14.0. The second-order valence-corrected chi connectivity index (χ2v) is 5.85. The van der Waals surface area contributed by atoms with Crippen molar-refractivity contribution in [3.05, 3.63) is 24.3 Å². The first-order valence-corrected chi connectivity index (χ1v) is 7.49. The molecule has 0 bridgehead atoms. The second-order valence-electron chi connectivity index (χ2n) is 5.85. The third kappa shape index (κ3) is 2.23. The van der Waals surface area contributed by atoms with Crippen molar-refractivity contribution < 1.29 is 4.74 Å². The maximum atomic E-state index is 6.19. The number of rotatable bonds is 2. The summed E-state index contributed by atoms with van der Waals surface area (Å²) in [4.78, 5) is 6.80. The van der Waals surface area contributed by atoms with Gasteiger partial charge in [-0.15, -0.1) is 0 Å². The molecule has 1 spiro atoms. The molecule has 1 saturated carbocycles. The minimum atomic E-state index is 0.0902. The highest BCUT2D eigenvalue weighted by molar-refractivity contribution is 5.98.